The van der Waals surface area contributed by atoms with Crippen molar-refractivity contribution in [1.29, 1.82) is 0 Å². The van der Waals surface area contributed by atoms with Gasteiger partial charge in [-0.1, -0.05) is 0 Å². The highest BCUT2D eigenvalue weighted by Gasteiger charge is 2.06. The molecule has 0 fully saturated rings. The molecule has 15 heavy (non-hydrogen) atoms. The lowest BCUT2D eigenvalue weighted by Crippen LogP contribution is -2.87. The van der Waals surface area contributed by atoms with Crippen LogP contribution in [-0.2, 0) is 9.53 Å². The number of methoxy groups -OCH3 is 1. The minimum atomic E-state index is -0.0274. The molecule has 0 bridgehead atoms. The highest BCUT2D eigenvalue weighted by atomic mass is 32.1. The standard InChI is InChI=1S/C9H15N3O2S/c1-7-5-11-9(15-7)12-8(13)6-10-3-4-14-2/h5,10H,3-4,6H2,1-2H3,(H,11,12,13)/p+1. The lowest BCUT2D eigenvalue weighted by Gasteiger charge is -2.00. The molecule has 0 aromatic carbocycles. The number of quaternary nitrogens is 1. The summed E-state index contributed by atoms with van der Waals surface area (Å²) in [6.07, 6.45) is 1.74. The first-order valence-corrected chi connectivity index (χ1v) is 5.57. The number of nitrogens with zero attached hydrogens (tertiary/aromatic N) is 1. The number of hydrogen-bond donors (Lipinski definition) is 2. The van der Waals surface area contributed by atoms with Gasteiger partial charge >= 0.3 is 0 Å². The van der Waals surface area contributed by atoms with Gasteiger partial charge in [0.1, 0.15) is 0 Å². The van der Waals surface area contributed by atoms with E-state index in [9.17, 15) is 4.79 Å². The zero-order valence-corrected chi connectivity index (χ0v) is 9.76. The van der Waals surface area contributed by atoms with Crippen LogP contribution in [0.2, 0.25) is 0 Å². The molecule has 0 aliphatic heterocycles. The van der Waals surface area contributed by atoms with E-state index in [1.807, 2.05) is 12.2 Å². The predicted octanol–water partition coefficient (Wildman–Crippen LogP) is -0.400. The Hall–Kier alpha value is -0.980. The molecule has 1 rings (SSSR count). The minimum absolute atomic E-state index is 0.0274. The molecule has 0 atom stereocenters. The summed E-state index contributed by atoms with van der Waals surface area (Å²) in [5.41, 5.74) is 0. The number of rotatable bonds is 6. The second kappa shape index (κ2) is 6.49. The number of ether oxygens (including phenoxy) is 1. The van der Waals surface area contributed by atoms with Gasteiger partial charge < -0.3 is 10.1 Å². The smallest absolute Gasteiger partial charge is 0.281 e. The van der Waals surface area contributed by atoms with Crippen molar-refractivity contribution < 1.29 is 14.8 Å². The summed E-state index contributed by atoms with van der Waals surface area (Å²) in [5, 5.41) is 5.30. The maximum absolute atomic E-state index is 11.4. The van der Waals surface area contributed by atoms with E-state index in [1.54, 1.807) is 13.3 Å². The summed E-state index contributed by atoms with van der Waals surface area (Å²) in [5.74, 6) is -0.0274. The monoisotopic (exact) mass is 230 g/mol. The number of carbonyl (C=O) groups excluding carboxylic acids is 1. The molecule has 0 aliphatic carbocycles. The zero-order valence-electron chi connectivity index (χ0n) is 8.95. The van der Waals surface area contributed by atoms with Crippen LogP contribution in [0.4, 0.5) is 5.13 Å². The van der Waals surface area contributed by atoms with Gasteiger partial charge in [0.05, 0.1) is 13.2 Å². The normalized spacial score (nSPS) is 10.3. The third kappa shape index (κ3) is 4.87. The SMILES string of the molecule is COCC[NH2+]CC(=O)Nc1ncc(C)s1. The first-order chi connectivity index (χ1) is 7.22. The van der Waals surface area contributed by atoms with Crippen LogP contribution in [0.15, 0.2) is 6.20 Å². The topological polar surface area (TPSA) is 67.8 Å². The van der Waals surface area contributed by atoms with Gasteiger partial charge in [-0.3, -0.25) is 10.1 Å². The van der Waals surface area contributed by atoms with Crippen molar-refractivity contribution in [3.8, 4) is 0 Å². The fourth-order valence-electron chi connectivity index (χ4n) is 1.02. The Morgan fingerprint density at radius 1 is 1.73 bits per heavy atom. The second-order valence-corrected chi connectivity index (χ2v) is 4.33. The number of aryl methyl sites for hydroxylation is 1. The van der Waals surface area contributed by atoms with Crippen LogP contribution in [0.3, 0.4) is 0 Å². The molecular weight excluding hydrogens is 214 g/mol. The molecule has 0 aliphatic rings. The van der Waals surface area contributed by atoms with Crippen molar-refractivity contribution in [2.45, 2.75) is 6.92 Å². The number of amides is 1. The molecule has 1 heterocycles. The molecule has 0 saturated carbocycles. The molecule has 1 aromatic heterocycles. The van der Waals surface area contributed by atoms with E-state index < -0.39 is 0 Å². The molecule has 3 N–H and O–H groups in total. The quantitative estimate of drug-likeness (QED) is 0.653. The summed E-state index contributed by atoms with van der Waals surface area (Å²) in [6.45, 7) is 3.81. The van der Waals surface area contributed by atoms with Crippen molar-refractivity contribution in [3.05, 3.63) is 11.1 Å². The highest BCUT2D eigenvalue weighted by Crippen LogP contribution is 2.15. The number of carbonyl (C=O) groups is 1. The third-order valence-corrected chi connectivity index (χ3v) is 2.55. The van der Waals surface area contributed by atoms with Gasteiger partial charge in [-0.05, 0) is 6.92 Å². The lowest BCUT2D eigenvalue weighted by molar-refractivity contribution is -0.645. The van der Waals surface area contributed by atoms with Crippen molar-refractivity contribution in [2.24, 2.45) is 0 Å². The fraction of sp³-hybridized carbons (Fsp3) is 0.556. The minimum Gasteiger partial charge on any atom is -0.379 e. The Morgan fingerprint density at radius 2 is 2.53 bits per heavy atom. The van der Waals surface area contributed by atoms with E-state index in [4.69, 9.17) is 4.74 Å². The number of anilines is 1. The Labute approximate surface area is 92.9 Å². The maximum atomic E-state index is 11.4. The van der Waals surface area contributed by atoms with E-state index >= 15 is 0 Å². The van der Waals surface area contributed by atoms with Crippen LogP contribution in [0.5, 0.6) is 0 Å². The molecule has 0 radical (unpaired) electrons. The van der Waals surface area contributed by atoms with Gasteiger partial charge in [0.25, 0.3) is 5.91 Å². The fourth-order valence-corrected chi connectivity index (χ4v) is 1.70. The number of aromatic nitrogens is 1. The number of nitrogens with two attached hydrogens (primary N) is 1. The summed E-state index contributed by atoms with van der Waals surface area (Å²) in [6, 6.07) is 0. The Balaban J connectivity index is 2.18. The lowest BCUT2D eigenvalue weighted by atomic mass is 10.5. The third-order valence-electron chi connectivity index (χ3n) is 1.72. The Kier molecular flexibility index (Phi) is 5.23. The van der Waals surface area contributed by atoms with E-state index in [-0.39, 0.29) is 5.91 Å². The molecule has 0 spiro atoms. The zero-order chi connectivity index (χ0) is 11.1. The summed E-state index contributed by atoms with van der Waals surface area (Å²) in [7, 11) is 1.65. The molecule has 5 nitrogen and oxygen atoms in total. The van der Waals surface area contributed by atoms with Gasteiger partial charge in [-0.2, -0.15) is 0 Å². The molecule has 6 heteroatoms. The summed E-state index contributed by atoms with van der Waals surface area (Å²) >= 11 is 1.48. The molecule has 1 aromatic rings. The van der Waals surface area contributed by atoms with Gasteiger partial charge in [0, 0.05) is 18.2 Å². The van der Waals surface area contributed by atoms with Gasteiger partial charge in [0.15, 0.2) is 11.7 Å². The van der Waals surface area contributed by atoms with E-state index in [1.165, 1.54) is 11.3 Å². The van der Waals surface area contributed by atoms with Crippen molar-refractivity contribution in [1.82, 2.24) is 4.98 Å². The van der Waals surface area contributed by atoms with Crippen LogP contribution >= 0.6 is 11.3 Å². The van der Waals surface area contributed by atoms with Crippen molar-refractivity contribution in [2.75, 3.05) is 32.1 Å². The van der Waals surface area contributed by atoms with Crippen LogP contribution < -0.4 is 10.6 Å². The highest BCUT2D eigenvalue weighted by molar-refractivity contribution is 7.15. The Bertz CT molecular complexity index is 314. The average Bonchev–Trinajstić information content (AvgIpc) is 2.59. The maximum Gasteiger partial charge on any atom is 0.281 e. The first kappa shape index (κ1) is 12.1. The average molecular weight is 230 g/mol. The van der Waals surface area contributed by atoms with Crippen molar-refractivity contribution >= 4 is 22.4 Å². The van der Waals surface area contributed by atoms with Gasteiger partial charge in [-0.15, -0.1) is 11.3 Å². The number of thiazole rings is 1. The number of hydrogen-bond acceptors (Lipinski definition) is 4. The van der Waals surface area contributed by atoms with Crippen LogP contribution in [0.25, 0.3) is 0 Å². The Morgan fingerprint density at radius 3 is 3.13 bits per heavy atom. The molecule has 1 amide bonds. The largest absolute Gasteiger partial charge is 0.379 e. The molecular formula is C9H16N3O2S+. The first-order valence-electron chi connectivity index (χ1n) is 4.75. The van der Waals surface area contributed by atoms with E-state index in [2.05, 4.69) is 10.3 Å². The summed E-state index contributed by atoms with van der Waals surface area (Å²) in [4.78, 5) is 16.5. The molecule has 0 unspecified atom stereocenters. The van der Waals surface area contributed by atoms with Crippen LogP contribution in [0, 0.1) is 6.92 Å². The summed E-state index contributed by atoms with van der Waals surface area (Å²) < 4.78 is 4.87. The van der Waals surface area contributed by atoms with Gasteiger partial charge in [-0.25, -0.2) is 4.98 Å². The van der Waals surface area contributed by atoms with Crippen molar-refractivity contribution in [3.63, 3.8) is 0 Å². The van der Waals surface area contributed by atoms with Crippen LogP contribution in [-0.4, -0.2) is 37.7 Å². The predicted molar refractivity (Wildman–Crippen MR) is 59.0 cm³/mol. The second-order valence-electron chi connectivity index (χ2n) is 3.10. The number of nitrogens with one attached hydrogen (secondary N) is 1. The van der Waals surface area contributed by atoms with Gasteiger partial charge in [0.2, 0.25) is 0 Å². The van der Waals surface area contributed by atoms with E-state index in [0.717, 1.165) is 11.4 Å². The van der Waals surface area contributed by atoms with E-state index in [0.29, 0.717) is 18.3 Å². The van der Waals surface area contributed by atoms with Crippen LogP contribution in [0.1, 0.15) is 4.88 Å². The molecule has 0 saturated heterocycles. The molecule has 84 valence electrons.